The minimum atomic E-state index is 0.615. The Bertz CT molecular complexity index is 213. The molecule has 2 N–H and O–H groups in total. The van der Waals surface area contributed by atoms with Gasteiger partial charge in [0, 0.05) is 6.04 Å². The summed E-state index contributed by atoms with van der Waals surface area (Å²) in [7, 11) is 0. The zero-order valence-electron chi connectivity index (χ0n) is 7.08. The Kier molecular flexibility index (Phi) is 2.25. The lowest BCUT2D eigenvalue weighted by Crippen LogP contribution is -2.22. The van der Waals surface area contributed by atoms with Crippen LogP contribution in [0.2, 0.25) is 0 Å². The van der Waals surface area contributed by atoms with Gasteiger partial charge in [-0.05, 0) is 12.8 Å². The highest BCUT2D eigenvalue weighted by molar-refractivity contribution is 5.30. The van der Waals surface area contributed by atoms with Crippen LogP contribution in [0.15, 0.2) is 6.20 Å². The van der Waals surface area contributed by atoms with Crippen molar-refractivity contribution in [2.75, 3.05) is 5.32 Å². The smallest absolute Gasteiger partial charge is 0.168 e. The molecule has 1 fully saturated rings. The van der Waals surface area contributed by atoms with Crippen molar-refractivity contribution in [1.82, 2.24) is 15.4 Å². The fraction of sp³-hybridized carbons (Fsp3) is 0.750. The molecule has 0 radical (unpaired) electrons. The molecule has 1 aromatic heterocycles. The van der Waals surface area contributed by atoms with Gasteiger partial charge in [-0.25, -0.2) is 0 Å². The summed E-state index contributed by atoms with van der Waals surface area (Å²) in [6.45, 7) is 0. The highest BCUT2D eigenvalue weighted by Gasteiger charge is 2.13. The summed E-state index contributed by atoms with van der Waals surface area (Å²) in [5.74, 6) is 0.877. The number of aromatic nitrogens is 3. The largest absolute Gasteiger partial charge is 0.365 e. The molecule has 0 atom stereocenters. The molecular weight excluding hydrogens is 152 g/mol. The Balaban J connectivity index is 1.86. The van der Waals surface area contributed by atoms with Crippen LogP contribution in [0.25, 0.3) is 0 Å². The molecule has 0 saturated heterocycles. The molecule has 2 rings (SSSR count). The van der Waals surface area contributed by atoms with Crippen molar-refractivity contribution in [2.45, 2.75) is 38.1 Å². The number of nitrogens with zero attached hydrogens (tertiary/aromatic N) is 2. The number of hydrogen-bond donors (Lipinski definition) is 2. The van der Waals surface area contributed by atoms with E-state index in [0.717, 1.165) is 5.82 Å². The van der Waals surface area contributed by atoms with Gasteiger partial charge in [-0.1, -0.05) is 24.5 Å². The van der Waals surface area contributed by atoms with E-state index in [1.165, 1.54) is 32.1 Å². The molecule has 0 bridgehead atoms. The van der Waals surface area contributed by atoms with Crippen molar-refractivity contribution in [3.8, 4) is 0 Å². The van der Waals surface area contributed by atoms with E-state index in [1.54, 1.807) is 6.20 Å². The van der Waals surface area contributed by atoms with Gasteiger partial charge in [0.05, 0.1) is 6.20 Å². The molecule has 4 nitrogen and oxygen atoms in total. The summed E-state index contributed by atoms with van der Waals surface area (Å²) in [4.78, 5) is 0. The first kappa shape index (κ1) is 7.58. The first-order valence-corrected chi connectivity index (χ1v) is 4.58. The minimum absolute atomic E-state index is 0.615. The van der Waals surface area contributed by atoms with E-state index >= 15 is 0 Å². The minimum Gasteiger partial charge on any atom is -0.365 e. The van der Waals surface area contributed by atoms with E-state index in [2.05, 4.69) is 20.7 Å². The van der Waals surface area contributed by atoms with Crippen molar-refractivity contribution in [3.63, 3.8) is 0 Å². The maximum Gasteiger partial charge on any atom is 0.168 e. The van der Waals surface area contributed by atoms with Crippen LogP contribution in [0.1, 0.15) is 32.1 Å². The van der Waals surface area contributed by atoms with Gasteiger partial charge in [0.15, 0.2) is 5.82 Å². The van der Waals surface area contributed by atoms with Crippen molar-refractivity contribution in [2.24, 2.45) is 0 Å². The van der Waals surface area contributed by atoms with Crippen LogP contribution in [-0.2, 0) is 0 Å². The van der Waals surface area contributed by atoms with Crippen molar-refractivity contribution >= 4 is 5.82 Å². The predicted molar refractivity (Wildman–Crippen MR) is 46.9 cm³/mol. The lowest BCUT2D eigenvalue weighted by molar-refractivity contribution is 0.462. The second kappa shape index (κ2) is 3.56. The summed E-state index contributed by atoms with van der Waals surface area (Å²) < 4.78 is 0. The molecule has 0 amide bonds. The second-order valence-corrected chi connectivity index (χ2v) is 3.34. The van der Waals surface area contributed by atoms with Crippen molar-refractivity contribution < 1.29 is 0 Å². The number of anilines is 1. The normalized spacial score (nSPS) is 19.3. The predicted octanol–water partition coefficient (Wildman–Crippen LogP) is 1.55. The van der Waals surface area contributed by atoms with Crippen LogP contribution in [-0.4, -0.2) is 21.5 Å². The number of aromatic amines is 1. The summed E-state index contributed by atoms with van der Waals surface area (Å²) in [6.07, 6.45) is 8.41. The summed E-state index contributed by atoms with van der Waals surface area (Å²) in [6, 6.07) is 0.615. The van der Waals surface area contributed by atoms with E-state index in [9.17, 15) is 0 Å². The van der Waals surface area contributed by atoms with Crippen LogP contribution >= 0.6 is 0 Å². The maximum atomic E-state index is 3.89. The molecule has 0 aliphatic heterocycles. The van der Waals surface area contributed by atoms with Gasteiger partial charge in [0.25, 0.3) is 0 Å². The fourth-order valence-electron chi connectivity index (χ4n) is 1.73. The molecule has 66 valence electrons. The van der Waals surface area contributed by atoms with Crippen molar-refractivity contribution in [3.05, 3.63) is 6.20 Å². The molecule has 0 aromatic carbocycles. The molecule has 1 saturated carbocycles. The van der Waals surface area contributed by atoms with Gasteiger partial charge in [0.2, 0.25) is 0 Å². The van der Waals surface area contributed by atoms with E-state index in [0.29, 0.717) is 6.04 Å². The quantitative estimate of drug-likeness (QED) is 0.700. The Labute approximate surface area is 71.8 Å². The lowest BCUT2D eigenvalue weighted by atomic mass is 9.96. The average molecular weight is 166 g/mol. The third kappa shape index (κ3) is 1.75. The third-order valence-electron chi connectivity index (χ3n) is 2.37. The van der Waals surface area contributed by atoms with Crippen LogP contribution in [0.3, 0.4) is 0 Å². The molecule has 1 aromatic rings. The summed E-state index contributed by atoms with van der Waals surface area (Å²) in [5.41, 5.74) is 0. The Morgan fingerprint density at radius 1 is 1.33 bits per heavy atom. The molecule has 0 spiro atoms. The van der Waals surface area contributed by atoms with Gasteiger partial charge in [-0.2, -0.15) is 0 Å². The summed E-state index contributed by atoms with van der Waals surface area (Å²) >= 11 is 0. The monoisotopic (exact) mass is 166 g/mol. The van der Waals surface area contributed by atoms with Crippen LogP contribution < -0.4 is 5.32 Å². The number of hydrogen-bond acceptors (Lipinski definition) is 3. The second-order valence-electron chi connectivity index (χ2n) is 3.34. The lowest BCUT2D eigenvalue weighted by Gasteiger charge is -2.21. The average Bonchev–Trinajstić information content (AvgIpc) is 2.59. The fourth-order valence-corrected chi connectivity index (χ4v) is 1.73. The molecule has 1 aliphatic carbocycles. The standard InChI is InChI=1S/C8H14N4/c1-2-4-7(5-3-1)10-8-6-9-12-11-8/h6-7H,1-5H2,(H2,9,10,11,12). The molecule has 4 heteroatoms. The van der Waals surface area contributed by atoms with Gasteiger partial charge < -0.3 is 5.32 Å². The van der Waals surface area contributed by atoms with Crippen molar-refractivity contribution in [1.29, 1.82) is 0 Å². The third-order valence-corrected chi connectivity index (χ3v) is 2.37. The van der Waals surface area contributed by atoms with Crippen LogP contribution in [0, 0.1) is 0 Å². The SMILES string of the molecule is c1[nH]nnc1NC1CCCCC1. The summed E-state index contributed by atoms with van der Waals surface area (Å²) in [5, 5.41) is 13.6. The van der Waals surface area contributed by atoms with Gasteiger partial charge in [0.1, 0.15) is 0 Å². The first-order valence-electron chi connectivity index (χ1n) is 4.58. The van der Waals surface area contributed by atoms with Gasteiger partial charge in [-0.15, -0.1) is 5.10 Å². The van der Waals surface area contributed by atoms with E-state index in [-0.39, 0.29) is 0 Å². The molecule has 12 heavy (non-hydrogen) atoms. The topological polar surface area (TPSA) is 53.6 Å². The Hall–Kier alpha value is -1.06. The zero-order valence-corrected chi connectivity index (χ0v) is 7.08. The van der Waals surface area contributed by atoms with E-state index in [1.807, 2.05) is 0 Å². The molecule has 1 aliphatic rings. The maximum absolute atomic E-state index is 3.89. The first-order chi connectivity index (χ1) is 5.95. The zero-order chi connectivity index (χ0) is 8.23. The number of rotatable bonds is 2. The highest BCUT2D eigenvalue weighted by Crippen LogP contribution is 2.19. The highest BCUT2D eigenvalue weighted by atomic mass is 15.4. The van der Waals surface area contributed by atoms with E-state index in [4.69, 9.17) is 0 Å². The molecule has 1 heterocycles. The Morgan fingerprint density at radius 3 is 2.83 bits per heavy atom. The van der Waals surface area contributed by atoms with Gasteiger partial charge in [-0.3, -0.25) is 5.10 Å². The van der Waals surface area contributed by atoms with Gasteiger partial charge >= 0.3 is 0 Å². The number of nitrogens with one attached hydrogen (secondary N) is 2. The molecular formula is C8H14N4. The van der Waals surface area contributed by atoms with E-state index < -0.39 is 0 Å². The number of H-pyrrole nitrogens is 1. The Morgan fingerprint density at radius 2 is 2.17 bits per heavy atom. The molecule has 0 unspecified atom stereocenters. The van der Waals surface area contributed by atoms with Crippen LogP contribution in [0.5, 0.6) is 0 Å². The van der Waals surface area contributed by atoms with Crippen LogP contribution in [0.4, 0.5) is 5.82 Å².